The standard InChI is InChI=1S/C28H31Br2N3O5S/c1-5-31-28(35)20(3)32(17-21-8-10-22(29)11-9-21)27(34)18-33(23-12-6-19(2)7-13-23)39(36,37)24-14-15-26(38-4)25(30)16-24/h6-16,20H,5,17-18H2,1-4H3,(H,31,35)/t20-/m1/s1. The predicted molar refractivity (Wildman–Crippen MR) is 159 cm³/mol. The van der Waals surface area contributed by atoms with E-state index >= 15 is 0 Å². The van der Waals surface area contributed by atoms with E-state index in [1.165, 1.54) is 24.1 Å². The minimum absolute atomic E-state index is 0.0141. The number of nitrogens with zero attached hydrogens (tertiary/aromatic N) is 2. The van der Waals surface area contributed by atoms with Crippen LogP contribution in [0.15, 0.2) is 80.6 Å². The third-order valence-electron chi connectivity index (χ3n) is 6.10. The molecule has 0 radical (unpaired) electrons. The first-order valence-corrected chi connectivity index (χ1v) is 15.2. The molecule has 3 aromatic rings. The van der Waals surface area contributed by atoms with E-state index in [4.69, 9.17) is 4.74 Å². The summed E-state index contributed by atoms with van der Waals surface area (Å²) in [5, 5.41) is 2.75. The molecule has 1 atom stereocenters. The van der Waals surface area contributed by atoms with Crippen LogP contribution in [0.25, 0.3) is 0 Å². The van der Waals surface area contributed by atoms with Crippen molar-refractivity contribution in [2.24, 2.45) is 0 Å². The monoisotopic (exact) mass is 679 g/mol. The maximum Gasteiger partial charge on any atom is 0.264 e. The number of hydrogen-bond acceptors (Lipinski definition) is 5. The second kappa shape index (κ2) is 13.5. The van der Waals surface area contributed by atoms with Gasteiger partial charge in [-0.1, -0.05) is 45.8 Å². The molecule has 0 unspecified atom stereocenters. The van der Waals surface area contributed by atoms with Gasteiger partial charge in [0.2, 0.25) is 11.8 Å². The Morgan fingerprint density at radius 1 is 1.00 bits per heavy atom. The minimum Gasteiger partial charge on any atom is -0.496 e. The van der Waals surface area contributed by atoms with Gasteiger partial charge in [0.25, 0.3) is 10.0 Å². The number of halogens is 2. The SMILES string of the molecule is CCNC(=O)[C@@H](C)N(Cc1ccc(Br)cc1)C(=O)CN(c1ccc(C)cc1)S(=O)(=O)c1ccc(OC)c(Br)c1. The Morgan fingerprint density at radius 3 is 2.21 bits per heavy atom. The lowest BCUT2D eigenvalue weighted by Crippen LogP contribution is -2.51. The zero-order valence-electron chi connectivity index (χ0n) is 22.1. The van der Waals surface area contributed by atoms with Gasteiger partial charge in [0.05, 0.1) is 22.2 Å². The fourth-order valence-electron chi connectivity index (χ4n) is 3.87. The van der Waals surface area contributed by atoms with Crippen molar-refractivity contribution in [2.75, 3.05) is 24.5 Å². The second-order valence-corrected chi connectivity index (χ2v) is 12.5. The second-order valence-electron chi connectivity index (χ2n) is 8.86. The highest BCUT2D eigenvalue weighted by atomic mass is 79.9. The van der Waals surface area contributed by atoms with Gasteiger partial charge in [0.1, 0.15) is 18.3 Å². The highest BCUT2D eigenvalue weighted by Gasteiger charge is 2.32. The minimum atomic E-state index is -4.18. The fraction of sp³-hybridized carbons (Fsp3) is 0.286. The van der Waals surface area contributed by atoms with Crippen molar-refractivity contribution in [3.8, 4) is 5.75 Å². The van der Waals surface area contributed by atoms with Crippen LogP contribution in [0.5, 0.6) is 5.75 Å². The number of carbonyl (C=O) groups is 2. The quantitative estimate of drug-likeness (QED) is 0.298. The molecule has 0 aliphatic rings. The summed E-state index contributed by atoms with van der Waals surface area (Å²) in [5.41, 5.74) is 2.07. The Balaban J connectivity index is 2.04. The van der Waals surface area contributed by atoms with Gasteiger partial charge in [0, 0.05) is 17.6 Å². The molecule has 11 heteroatoms. The van der Waals surface area contributed by atoms with Crippen molar-refractivity contribution < 1.29 is 22.7 Å². The molecule has 0 aromatic heterocycles. The molecule has 2 amide bonds. The maximum atomic E-state index is 13.9. The largest absolute Gasteiger partial charge is 0.496 e. The molecular formula is C28H31Br2N3O5S. The lowest BCUT2D eigenvalue weighted by atomic mass is 10.1. The number of benzene rings is 3. The number of likely N-dealkylation sites (N-methyl/N-ethyl adjacent to an activating group) is 1. The number of methoxy groups -OCH3 is 1. The van der Waals surface area contributed by atoms with Crippen LogP contribution < -0.4 is 14.4 Å². The fourth-order valence-corrected chi connectivity index (χ4v) is 6.26. The Kier molecular flexibility index (Phi) is 10.6. The number of amides is 2. The van der Waals surface area contributed by atoms with Crippen LogP contribution in [-0.4, -0.2) is 51.4 Å². The first kappa shape index (κ1) is 30.6. The molecule has 3 rings (SSSR count). The summed E-state index contributed by atoms with van der Waals surface area (Å²) >= 11 is 6.76. The van der Waals surface area contributed by atoms with Crippen LogP contribution in [0.2, 0.25) is 0 Å². The molecule has 0 fully saturated rings. The number of carbonyl (C=O) groups excluding carboxylic acids is 2. The lowest BCUT2D eigenvalue weighted by molar-refractivity contribution is -0.139. The summed E-state index contributed by atoms with van der Waals surface area (Å²) in [5.74, 6) is -0.372. The lowest BCUT2D eigenvalue weighted by Gasteiger charge is -2.32. The van der Waals surface area contributed by atoms with E-state index < -0.39 is 28.5 Å². The number of sulfonamides is 1. The van der Waals surface area contributed by atoms with Crippen LogP contribution in [0, 0.1) is 6.92 Å². The van der Waals surface area contributed by atoms with E-state index in [9.17, 15) is 18.0 Å². The van der Waals surface area contributed by atoms with Crippen LogP contribution in [0.1, 0.15) is 25.0 Å². The van der Waals surface area contributed by atoms with E-state index in [0.717, 1.165) is 19.9 Å². The zero-order valence-corrected chi connectivity index (χ0v) is 26.1. The molecule has 0 heterocycles. The summed E-state index contributed by atoms with van der Waals surface area (Å²) in [6, 6.07) is 17.8. The van der Waals surface area contributed by atoms with Gasteiger partial charge in [-0.2, -0.15) is 0 Å². The van der Waals surface area contributed by atoms with Crippen molar-refractivity contribution in [1.29, 1.82) is 0 Å². The van der Waals surface area contributed by atoms with Crippen molar-refractivity contribution >= 4 is 59.4 Å². The summed E-state index contributed by atoms with van der Waals surface area (Å²) in [6.07, 6.45) is 0. The molecule has 1 N–H and O–H groups in total. The number of rotatable bonds is 11. The molecular weight excluding hydrogens is 650 g/mol. The zero-order chi connectivity index (χ0) is 28.7. The van der Waals surface area contributed by atoms with Crippen molar-refractivity contribution in [3.05, 3.63) is 86.8 Å². The van der Waals surface area contributed by atoms with E-state index in [1.54, 1.807) is 44.2 Å². The average Bonchev–Trinajstić information content (AvgIpc) is 2.91. The first-order chi connectivity index (χ1) is 18.5. The number of aryl methyl sites for hydroxylation is 1. The molecule has 0 spiro atoms. The van der Waals surface area contributed by atoms with Gasteiger partial charge < -0.3 is 15.0 Å². The Bertz CT molecular complexity index is 1410. The molecule has 0 bridgehead atoms. The van der Waals surface area contributed by atoms with Gasteiger partial charge in [-0.15, -0.1) is 0 Å². The van der Waals surface area contributed by atoms with Gasteiger partial charge >= 0.3 is 0 Å². The van der Waals surface area contributed by atoms with Crippen LogP contribution in [-0.2, 0) is 26.2 Å². The molecule has 0 saturated carbocycles. The van der Waals surface area contributed by atoms with Crippen molar-refractivity contribution in [2.45, 2.75) is 38.3 Å². The molecule has 0 aliphatic heterocycles. The summed E-state index contributed by atoms with van der Waals surface area (Å²) in [6.45, 7) is 5.34. The Labute approximate surface area is 246 Å². The molecule has 3 aromatic carbocycles. The maximum absolute atomic E-state index is 13.9. The van der Waals surface area contributed by atoms with E-state index in [-0.39, 0.29) is 17.3 Å². The molecule has 39 heavy (non-hydrogen) atoms. The predicted octanol–water partition coefficient (Wildman–Crippen LogP) is 5.28. The van der Waals surface area contributed by atoms with E-state index in [0.29, 0.717) is 22.5 Å². The van der Waals surface area contributed by atoms with Gasteiger partial charge in [-0.25, -0.2) is 8.42 Å². The normalized spacial score (nSPS) is 11.9. The first-order valence-electron chi connectivity index (χ1n) is 12.2. The molecule has 0 aliphatic carbocycles. The number of hydrogen-bond donors (Lipinski definition) is 1. The Hall–Kier alpha value is -2.89. The molecule has 8 nitrogen and oxygen atoms in total. The highest BCUT2D eigenvalue weighted by Crippen LogP contribution is 2.31. The van der Waals surface area contributed by atoms with Gasteiger partial charge in [-0.3, -0.25) is 13.9 Å². The van der Waals surface area contributed by atoms with Crippen molar-refractivity contribution in [3.63, 3.8) is 0 Å². The van der Waals surface area contributed by atoms with Gasteiger partial charge in [0.15, 0.2) is 0 Å². The van der Waals surface area contributed by atoms with Crippen LogP contribution in [0.4, 0.5) is 5.69 Å². The summed E-state index contributed by atoms with van der Waals surface area (Å²) in [7, 11) is -2.70. The summed E-state index contributed by atoms with van der Waals surface area (Å²) < 4.78 is 35.5. The topological polar surface area (TPSA) is 96.0 Å². The smallest absolute Gasteiger partial charge is 0.264 e. The van der Waals surface area contributed by atoms with Crippen molar-refractivity contribution in [1.82, 2.24) is 10.2 Å². The third kappa shape index (κ3) is 7.61. The van der Waals surface area contributed by atoms with E-state index in [1.807, 2.05) is 31.2 Å². The van der Waals surface area contributed by atoms with Crippen LogP contribution >= 0.6 is 31.9 Å². The highest BCUT2D eigenvalue weighted by molar-refractivity contribution is 9.10. The molecule has 208 valence electrons. The van der Waals surface area contributed by atoms with Crippen LogP contribution in [0.3, 0.4) is 0 Å². The number of nitrogens with one attached hydrogen (secondary N) is 1. The Morgan fingerprint density at radius 2 is 1.64 bits per heavy atom. The van der Waals surface area contributed by atoms with E-state index in [2.05, 4.69) is 37.2 Å². The number of ether oxygens (including phenoxy) is 1. The molecule has 0 saturated heterocycles. The number of anilines is 1. The average molecular weight is 681 g/mol. The summed E-state index contributed by atoms with van der Waals surface area (Å²) in [4.78, 5) is 28.0. The van der Waals surface area contributed by atoms with Gasteiger partial charge in [-0.05, 0) is 84.7 Å². The third-order valence-corrected chi connectivity index (χ3v) is 9.01.